The molecule has 12 heteroatoms. The van der Waals surface area contributed by atoms with Crippen LogP contribution in [0.5, 0.6) is 5.75 Å². The van der Waals surface area contributed by atoms with Gasteiger partial charge in [-0.25, -0.2) is 9.78 Å². The third-order valence-corrected chi connectivity index (χ3v) is 5.72. The van der Waals surface area contributed by atoms with E-state index in [1.54, 1.807) is 12.3 Å². The molecule has 0 saturated carbocycles. The van der Waals surface area contributed by atoms with Gasteiger partial charge in [-0.1, -0.05) is 25.1 Å². The average Bonchev–Trinajstić information content (AvgIpc) is 2.90. The van der Waals surface area contributed by atoms with Gasteiger partial charge in [0.25, 0.3) is 5.91 Å². The predicted octanol–water partition coefficient (Wildman–Crippen LogP) is 5.01. The summed E-state index contributed by atoms with van der Waals surface area (Å²) < 4.78 is 46.0. The van der Waals surface area contributed by atoms with Gasteiger partial charge >= 0.3 is 11.9 Å². The van der Waals surface area contributed by atoms with Crippen molar-refractivity contribution in [3.8, 4) is 11.4 Å². The number of halogens is 3. The molecule has 0 radical (unpaired) electrons. The van der Waals surface area contributed by atoms with E-state index in [1.165, 1.54) is 29.9 Å². The number of nitrogens with one attached hydrogen (secondary N) is 2. The molecular weight excluding hydrogens is 513 g/mol. The van der Waals surface area contributed by atoms with E-state index in [0.717, 1.165) is 23.8 Å². The van der Waals surface area contributed by atoms with Crippen molar-refractivity contribution >= 4 is 28.6 Å². The number of ether oxygens (including phenoxy) is 1. The van der Waals surface area contributed by atoms with Crippen LogP contribution in [0.2, 0.25) is 0 Å². The molecule has 2 heterocycles. The normalized spacial score (nSPS) is 11.3. The van der Waals surface area contributed by atoms with Crippen molar-refractivity contribution in [2.75, 3.05) is 24.3 Å². The number of aryl methyl sites for hydroxylation is 1. The minimum Gasteiger partial charge on any atom is -0.497 e. The van der Waals surface area contributed by atoms with Gasteiger partial charge in [0, 0.05) is 41.8 Å². The third-order valence-electron chi connectivity index (χ3n) is 5.72. The van der Waals surface area contributed by atoms with Crippen LogP contribution in [0, 0.1) is 0 Å². The van der Waals surface area contributed by atoms with Crippen molar-refractivity contribution in [1.82, 2.24) is 19.5 Å². The van der Waals surface area contributed by atoms with Crippen LogP contribution in [0.25, 0.3) is 16.7 Å². The molecule has 0 aliphatic heterocycles. The third kappa shape index (κ3) is 6.06. The largest absolute Gasteiger partial charge is 0.497 e. The summed E-state index contributed by atoms with van der Waals surface area (Å²) in [6.45, 7) is 7.99. The Labute approximate surface area is 221 Å². The molecule has 1 amide bonds. The molecule has 0 atom stereocenters. The van der Waals surface area contributed by atoms with E-state index in [1.807, 2.05) is 13.8 Å². The average molecular weight is 539 g/mol. The highest BCUT2D eigenvalue weighted by Gasteiger charge is 2.31. The topological polar surface area (TPSA) is 111 Å². The first kappa shape index (κ1) is 27.3. The SMILES string of the molecule is C=C(C)CNc1ncc2c(CC)n(-c3cc(NC(=O)c4cccc(C(F)(F)F)c4)cc(OC)c3)c(=O)nc2n1. The van der Waals surface area contributed by atoms with E-state index in [4.69, 9.17) is 4.74 Å². The van der Waals surface area contributed by atoms with Gasteiger partial charge in [-0.2, -0.15) is 23.1 Å². The van der Waals surface area contributed by atoms with Gasteiger partial charge in [0.15, 0.2) is 5.65 Å². The van der Waals surface area contributed by atoms with E-state index >= 15 is 0 Å². The zero-order chi connectivity index (χ0) is 28.3. The summed E-state index contributed by atoms with van der Waals surface area (Å²) in [6.07, 6.45) is -2.61. The van der Waals surface area contributed by atoms with E-state index in [2.05, 4.69) is 32.2 Å². The summed E-state index contributed by atoms with van der Waals surface area (Å²) in [5.41, 5.74) is 0.459. The first-order chi connectivity index (χ1) is 18.5. The minimum absolute atomic E-state index is 0.179. The Morgan fingerprint density at radius 3 is 2.59 bits per heavy atom. The number of hydrogen-bond donors (Lipinski definition) is 2. The minimum atomic E-state index is -4.59. The Hall–Kier alpha value is -4.74. The van der Waals surface area contributed by atoms with Gasteiger partial charge in [-0.3, -0.25) is 9.36 Å². The van der Waals surface area contributed by atoms with Crippen LogP contribution in [0.4, 0.5) is 24.8 Å². The van der Waals surface area contributed by atoms with Crippen molar-refractivity contribution in [2.24, 2.45) is 0 Å². The van der Waals surface area contributed by atoms with E-state index < -0.39 is 23.3 Å². The first-order valence-electron chi connectivity index (χ1n) is 11.8. The fraction of sp³-hybridized carbons (Fsp3) is 0.222. The number of alkyl halides is 3. The maximum atomic E-state index is 13.2. The summed E-state index contributed by atoms with van der Waals surface area (Å²) in [5, 5.41) is 6.15. The number of benzene rings is 2. The number of amides is 1. The summed E-state index contributed by atoms with van der Waals surface area (Å²) in [6, 6.07) is 8.66. The number of hydrogen-bond acceptors (Lipinski definition) is 7. The van der Waals surface area contributed by atoms with E-state index in [0.29, 0.717) is 41.4 Å². The van der Waals surface area contributed by atoms with Crippen molar-refractivity contribution in [3.05, 3.63) is 88.1 Å². The van der Waals surface area contributed by atoms with Gasteiger partial charge in [0.05, 0.1) is 23.7 Å². The molecule has 0 fully saturated rings. The number of rotatable bonds is 8. The van der Waals surface area contributed by atoms with Crippen LogP contribution in [0.1, 0.15) is 35.5 Å². The Kier molecular flexibility index (Phi) is 7.65. The molecule has 2 aromatic carbocycles. The second-order valence-electron chi connectivity index (χ2n) is 8.72. The number of methoxy groups -OCH3 is 1. The highest BCUT2D eigenvalue weighted by atomic mass is 19.4. The Bertz CT molecular complexity index is 1630. The molecule has 4 rings (SSSR count). The van der Waals surface area contributed by atoms with Crippen LogP contribution in [0.3, 0.4) is 0 Å². The van der Waals surface area contributed by atoms with Gasteiger partial charge in [0.1, 0.15) is 5.75 Å². The molecule has 0 unspecified atom stereocenters. The molecule has 0 bridgehead atoms. The maximum Gasteiger partial charge on any atom is 0.416 e. The van der Waals surface area contributed by atoms with Crippen LogP contribution in [0.15, 0.2) is 65.6 Å². The molecule has 202 valence electrons. The number of aromatic nitrogens is 4. The molecule has 0 aliphatic rings. The summed E-state index contributed by atoms with van der Waals surface area (Å²) in [4.78, 5) is 38.8. The summed E-state index contributed by atoms with van der Waals surface area (Å²) in [7, 11) is 1.41. The number of nitrogens with zero attached hydrogens (tertiary/aromatic N) is 4. The first-order valence-corrected chi connectivity index (χ1v) is 11.8. The lowest BCUT2D eigenvalue weighted by atomic mass is 10.1. The number of anilines is 2. The molecule has 9 nitrogen and oxygen atoms in total. The number of carbonyl (C=O) groups is 1. The second-order valence-corrected chi connectivity index (χ2v) is 8.72. The Morgan fingerprint density at radius 2 is 1.92 bits per heavy atom. The highest BCUT2D eigenvalue weighted by molar-refractivity contribution is 6.04. The Morgan fingerprint density at radius 1 is 1.15 bits per heavy atom. The monoisotopic (exact) mass is 538 g/mol. The molecule has 0 aliphatic carbocycles. The van der Waals surface area contributed by atoms with Crippen molar-refractivity contribution < 1.29 is 22.7 Å². The molecule has 4 aromatic rings. The number of carbonyl (C=O) groups excluding carboxylic acids is 1. The van der Waals surface area contributed by atoms with E-state index in [-0.39, 0.29) is 16.9 Å². The highest BCUT2D eigenvalue weighted by Crippen LogP contribution is 2.30. The molecule has 0 saturated heterocycles. The van der Waals surface area contributed by atoms with Crippen molar-refractivity contribution in [3.63, 3.8) is 0 Å². The Balaban J connectivity index is 1.75. The fourth-order valence-corrected chi connectivity index (χ4v) is 3.91. The quantitative estimate of drug-likeness (QED) is 0.304. The zero-order valence-corrected chi connectivity index (χ0v) is 21.4. The van der Waals surface area contributed by atoms with Crippen LogP contribution >= 0.6 is 0 Å². The molecule has 39 heavy (non-hydrogen) atoms. The van der Waals surface area contributed by atoms with Gasteiger partial charge in [-0.15, -0.1) is 0 Å². The standard InChI is InChI=1S/C27H25F3N6O3/c1-5-22-21-14-32-25(31-13-15(2)3)34-23(21)35-26(38)36(22)19-10-18(11-20(12-19)39-4)33-24(37)16-7-6-8-17(9-16)27(28,29)30/h6-12,14H,2,5,13H2,1,3-4H3,(H,33,37)(H,31,34,35,38). The number of fused-ring (bicyclic) bond motifs is 1. The fourth-order valence-electron chi connectivity index (χ4n) is 3.91. The van der Waals surface area contributed by atoms with Crippen LogP contribution < -0.4 is 21.1 Å². The molecule has 2 N–H and O–H groups in total. The van der Waals surface area contributed by atoms with E-state index in [9.17, 15) is 22.8 Å². The molecule has 2 aromatic heterocycles. The second kappa shape index (κ2) is 10.9. The van der Waals surface area contributed by atoms with Gasteiger partial charge < -0.3 is 15.4 Å². The van der Waals surface area contributed by atoms with Crippen LogP contribution in [-0.4, -0.2) is 39.1 Å². The van der Waals surface area contributed by atoms with Crippen molar-refractivity contribution in [1.29, 1.82) is 0 Å². The smallest absolute Gasteiger partial charge is 0.416 e. The summed E-state index contributed by atoms with van der Waals surface area (Å²) in [5.74, 6) is -0.155. The lowest BCUT2D eigenvalue weighted by molar-refractivity contribution is -0.137. The molecular formula is C27H25F3N6O3. The maximum absolute atomic E-state index is 13.2. The lowest BCUT2D eigenvalue weighted by Crippen LogP contribution is -2.26. The van der Waals surface area contributed by atoms with Crippen LogP contribution in [-0.2, 0) is 12.6 Å². The van der Waals surface area contributed by atoms with Crippen molar-refractivity contribution in [2.45, 2.75) is 26.4 Å². The zero-order valence-electron chi connectivity index (χ0n) is 21.4. The van der Waals surface area contributed by atoms with Gasteiger partial charge in [-0.05, 0) is 37.6 Å². The predicted molar refractivity (Wildman–Crippen MR) is 142 cm³/mol. The lowest BCUT2D eigenvalue weighted by Gasteiger charge is -2.16. The summed E-state index contributed by atoms with van der Waals surface area (Å²) >= 11 is 0. The molecule has 0 spiro atoms. The van der Waals surface area contributed by atoms with Gasteiger partial charge in [0.2, 0.25) is 5.95 Å².